The molecule has 2 heterocycles. The van der Waals surface area contributed by atoms with E-state index in [0.717, 1.165) is 5.56 Å². The topological polar surface area (TPSA) is 98.8 Å². The van der Waals surface area contributed by atoms with Gasteiger partial charge in [-0.05, 0) is 36.2 Å². The molecule has 3 aromatic rings. The fraction of sp³-hybridized carbons (Fsp3) is 0.267. The maximum atomic E-state index is 13.9. The Bertz CT molecular complexity index is 1410. The molecule has 0 saturated carbocycles. The summed E-state index contributed by atoms with van der Waals surface area (Å²) in [6, 6.07) is 22.0. The summed E-state index contributed by atoms with van der Waals surface area (Å²) in [5.74, 6) is -0.866. The normalized spacial score (nSPS) is 18.5. The number of halogens is 1. The van der Waals surface area contributed by atoms with Gasteiger partial charge in [0.25, 0.3) is 5.91 Å². The molecule has 200 valence electrons. The van der Waals surface area contributed by atoms with Gasteiger partial charge in [-0.15, -0.1) is 0 Å². The number of carbonyl (C=O) groups is 4. The standard InChI is InChI=1S/C30H29ClN4O4/c1-19(36)32-22-11-7-10-21(15-22)29(38)34-17-24-16-23(34)18-35(24)30(39)28(25-12-5-6-13-26(25)31)33-27(37)14-20-8-3-2-4-9-20/h2-13,15,23-24,28H,14,16-18H2,1H3,(H,32,36)(H,33,37)/t23-,24-,28+/m0/s1. The lowest BCUT2D eigenvalue weighted by atomic mass is 10.0. The summed E-state index contributed by atoms with van der Waals surface area (Å²) in [5.41, 5.74) is 2.42. The number of hydrogen-bond donors (Lipinski definition) is 2. The van der Waals surface area contributed by atoms with E-state index in [2.05, 4.69) is 10.6 Å². The van der Waals surface area contributed by atoms with Gasteiger partial charge in [-0.25, -0.2) is 0 Å². The van der Waals surface area contributed by atoms with Gasteiger partial charge in [-0.1, -0.05) is 66.2 Å². The highest BCUT2D eigenvalue weighted by Crippen LogP contribution is 2.35. The fourth-order valence-corrected chi connectivity index (χ4v) is 5.67. The maximum Gasteiger partial charge on any atom is 0.254 e. The van der Waals surface area contributed by atoms with Crippen LogP contribution in [0.5, 0.6) is 0 Å². The summed E-state index contributed by atoms with van der Waals surface area (Å²) >= 11 is 6.47. The molecule has 5 rings (SSSR count). The number of nitrogens with one attached hydrogen (secondary N) is 2. The number of anilines is 1. The van der Waals surface area contributed by atoms with Gasteiger partial charge in [0, 0.05) is 41.9 Å². The van der Waals surface area contributed by atoms with Crippen LogP contribution >= 0.6 is 11.6 Å². The van der Waals surface area contributed by atoms with Crippen molar-refractivity contribution >= 4 is 40.9 Å². The third kappa shape index (κ3) is 5.81. The number of likely N-dealkylation sites (tertiary alicyclic amines) is 2. The van der Waals surface area contributed by atoms with Crippen LogP contribution in [0.3, 0.4) is 0 Å². The van der Waals surface area contributed by atoms with Crippen molar-refractivity contribution in [2.75, 3.05) is 18.4 Å². The predicted octanol–water partition coefficient (Wildman–Crippen LogP) is 3.82. The van der Waals surface area contributed by atoms with Crippen molar-refractivity contribution in [1.29, 1.82) is 0 Å². The Balaban J connectivity index is 1.31. The lowest BCUT2D eigenvalue weighted by Gasteiger charge is -2.36. The van der Waals surface area contributed by atoms with E-state index in [9.17, 15) is 19.2 Å². The van der Waals surface area contributed by atoms with Gasteiger partial charge in [0.1, 0.15) is 6.04 Å². The van der Waals surface area contributed by atoms with E-state index in [0.29, 0.717) is 41.3 Å². The monoisotopic (exact) mass is 544 g/mol. The molecular weight excluding hydrogens is 516 g/mol. The molecule has 0 spiro atoms. The van der Waals surface area contributed by atoms with E-state index in [-0.39, 0.29) is 42.1 Å². The molecule has 4 amide bonds. The molecule has 2 saturated heterocycles. The van der Waals surface area contributed by atoms with Crippen LogP contribution in [0, 0.1) is 0 Å². The minimum absolute atomic E-state index is 0.136. The zero-order valence-corrected chi connectivity index (χ0v) is 22.2. The lowest BCUT2D eigenvalue weighted by molar-refractivity contribution is -0.138. The van der Waals surface area contributed by atoms with Gasteiger partial charge >= 0.3 is 0 Å². The lowest BCUT2D eigenvalue weighted by Crippen LogP contribution is -2.53. The van der Waals surface area contributed by atoms with Crippen LogP contribution in [-0.4, -0.2) is 58.6 Å². The summed E-state index contributed by atoms with van der Waals surface area (Å²) < 4.78 is 0. The van der Waals surface area contributed by atoms with Gasteiger partial charge in [0.2, 0.25) is 17.7 Å². The Labute approximate surface area is 231 Å². The average Bonchev–Trinajstić information content (AvgIpc) is 3.53. The second-order valence-corrected chi connectivity index (χ2v) is 10.3. The quantitative estimate of drug-likeness (QED) is 0.472. The molecule has 2 bridgehead atoms. The van der Waals surface area contributed by atoms with Crippen LogP contribution in [0.2, 0.25) is 5.02 Å². The number of carbonyl (C=O) groups excluding carboxylic acids is 4. The number of piperazine rings is 1. The molecule has 2 fully saturated rings. The van der Waals surface area contributed by atoms with Crippen molar-refractivity contribution < 1.29 is 19.2 Å². The fourth-order valence-electron chi connectivity index (χ4n) is 5.43. The maximum absolute atomic E-state index is 13.9. The van der Waals surface area contributed by atoms with E-state index >= 15 is 0 Å². The number of benzene rings is 3. The first-order valence-electron chi connectivity index (χ1n) is 12.9. The first-order chi connectivity index (χ1) is 18.8. The molecule has 3 aromatic carbocycles. The van der Waals surface area contributed by atoms with Gasteiger partial charge in [0.05, 0.1) is 18.5 Å². The van der Waals surface area contributed by atoms with Crippen molar-refractivity contribution in [1.82, 2.24) is 15.1 Å². The van der Waals surface area contributed by atoms with Gasteiger partial charge in [0.15, 0.2) is 0 Å². The summed E-state index contributed by atoms with van der Waals surface area (Å²) in [4.78, 5) is 55.1. The van der Waals surface area contributed by atoms with Crippen LogP contribution in [0.4, 0.5) is 5.69 Å². The third-order valence-corrected chi connectivity index (χ3v) is 7.53. The van der Waals surface area contributed by atoms with E-state index in [4.69, 9.17) is 11.6 Å². The Kier molecular flexibility index (Phi) is 7.65. The highest BCUT2D eigenvalue weighted by molar-refractivity contribution is 6.31. The molecule has 0 aromatic heterocycles. The molecule has 2 N–H and O–H groups in total. The SMILES string of the molecule is CC(=O)Nc1cccc(C(=O)N2C[C@@H]3C[C@H]2CN3C(=O)[C@H](NC(=O)Cc2ccccc2)c2ccccc2Cl)c1. The van der Waals surface area contributed by atoms with Crippen molar-refractivity contribution in [2.24, 2.45) is 0 Å². The van der Waals surface area contributed by atoms with Crippen molar-refractivity contribution in [2.45, 2.75) is 37.9 Å². The second-order valence-electron chi connectivity index (χ2n) is 9.94. The summed E-state index contributed by atoms with van der Waals surface area (Å²) in [6.45, 7) is 2.18. The molecule has 0 unspecified atom stereocenters. The zero-order chi connectivity index (χ0) is 27.5. The Morgan fingerprint density at radius 3 is 2.28 bits per heavy atom. The summed E-state index contributed by atoms with van der Waals surface area (Å²) in [6.07, 6.45) is 0.803. The number of rotatable bonds is 7. The largest absolute Gasteiger partial charge is 0.340 e. The summed E-state index contributed by atoms with van der Waals surface area (Å²) in [7, 11) is 0. The molecule has 39 heavy (non-hydrogen) atoms. The molecule has 2 aliphatic heterocycles. The van der Waals surface area contributed by atoms with Crippen molar-refractivity contribution in [3.05, 3.63) is 101 Å². The Morgan fingerprint density at radius 2 is 1.59 bits per heavy atom. The minimum atomic E-state index is -0.937. The summed E-state index contributed by atoms with van der Waals surface area (Å²) in [5, 5.41) is 6.01. The van der Waals surface area contributed by atoms with Gasteiger partial charge in [-0.3, -0.25) is 19.2 Å². The van der Waals surface area contributed by atoms with Crippen molar-refractivity contribution in [3.8, 4) is 0 Å². The number of amides is 4. The molecule has 2 aliphatic rings. The highest BCUT2D eigenvalue weighted by atomic mass is 35.5. The average molecular weight is 545 g/mol. The zero-order valence-electron chi connectivity index (χ0n) is 21.5. The van der Waals surface area contributed by atoms with E-state index in [1.165, 1.54) is 6.92 Å². The number of nitrogens with zero attached hydrogens (tertiary/aromatic N) is 2. The minimum Gasteiger partial charge on any atom is -0.340 e. The number of fused-ring (bicyclic) bond motifs is 2. The smallest absolute Gasteiger partial charge is 0.254 e. The van der Waals surface area contributed by atoms with E-state index < -0.39 is 6.04 Å². The molecule has 8 nitrogen and oxygen atoms in total. The molecule has 0 radical (unpaired) electrons. The van der Waals surface area contributed by atoms with Crippen LogP contribution < -0.4 is 10.6 Å². The van der Waals surface area contributed by atoms with Crippen molar-refractivity contribution in [3.63, 3.8) is 0 Å². The first-order valence-corrected chi connectivity index (χ1v) is 13.2. The molecule has 9 heteroatoms. The Morgan fingerprint density at radius 1 is 0.897 bits per heavy atom. The van der Waals surface area contributed by atoms with Crippen LogP contribution in [-0.2, 0) is 20.8 Å². The van der Waals surface area contributed by atoms with E-state index in [1.54, 1.807) is 58.3 Å². The second kappa shape index (κ2) is 11.3. The highest BCUT2D eigenvalue weighted by Gasteiger charge is 2.48. The first kappa shape index (κ1) is 26.4. The third-order valence-electron chi connectivity index (χ3n) is 7.19. The van der Waals surface area contributed by atoms with Crippen LogP contribution in [0.1, 0.15) is 40.9 Å². The number of hydrogen-bond acceptors (Lipinski definition) is 4. The molecule has 0 aliphatic carbocycles. The Hall–Kier alpha value is -4.17. The van der Waals surface area contributed by atoms with E-state index in [1.807, 2.05) is 30.3 Å². The van der Waals surface area contributed by atoms with Crippen LogP contribution in [0.25, 0.3) is 0 Å². The molecular formula is C30H29ClN4O4. The van der Waals surface area contributed by atoms with Gasteiger partial charge < -0.3 is 20.4 Å². The predicted molar refractivity (Wildman–Crippen MR) is 148 cm³/mol. The molecule has 3 atom stereocenters. The van der Waals surface area contributed by atoms with Gasteiger partial charge in [-0.2, -0.15) is 0 Å². The van der Waals surface area contributed by atoms with Crippen LogP contribution in [0.15, 0.2) is 78.9 Å².